The molecule has 11 heavy (non-hydrogen) atoms. The van der Waals surface area contributed by atoms with E-state index in [9.17, 15) is 0 Å². The highest BCUT2D eigenvalue weighted by Gasteiger charge is 1.95. The van der Waals surface area contributed by atoms with Gasteiger partial charge in [-0.1, -0.05) is 0 Å². The summed E-state index contributed by atoms with van der Waals surface area (Å²) in [4.78, 5) is 4.21. The SMILES string of the molecule is CNCc1cc(C)nc(Br)c1. The zero-order valence-electron chi connectivity index (χ0n) is 6.69. The molecule has 0 saturated carbocycles. The maximum absolute atomic E-state index is 4.21. The maximum Gasteiger partial charge on any atom is 0.106 e. The Kier molecular flexibility index (Phi) is 3.02. The summed E-state index contributed by atoms with van der Waals surface area (Å²) in [5, 5.41) is 3.09. The Morgan fingerprint density at radius 2 is 2.27 bits per heavy atom. The second kappa shape index (κ2) is 3.83. The van der Waals surface area contributed by atoms with Gasteiger partial charge < -0.3 is 5.32 Å². The highest BCUT2D eigenvalue weighted by atomic mass is 79.9. The smallest absolute Gasteiger partial charge is 0.106 e. The van der Waals surface area contributed by atoms with Crippen LogP contribution in [0.1, 0.15) is 11.3 Å². The summed E-state index contributed by atoms with van der Waals surface area (Å²) >= 11 is 3.34. The van der Waals surface area contributed by atoms with Crippen molar-refractivity contribution in [3.05, 3.63) is 28.0 Å². The fraction of sp³-hybridized carbons (Fsp3) is 0.375. The Balaban J connectivity index is 2.89. The normalized spacial score (nSPS) is 10.1. The molecule has 1 aromatic rings. The summed E-state index contributed by atoms with van der Waals surface area (Å²) in [5.74, 6) is 0. The van der Waals surface area contributed by atoms with Crippen molar-refractivity contribution >= 4 is 15.9 Å². The van der Waals surface area contributed by atoms with Gasteiger partial charge in [-0.15, -0.1) is 0 Å². The molecule has 0 fully saturated rings. The molecule has 0 saturated heterocycles. The van der Waals surface area contributed by atoms with E-state index in [0.717, 1.165) is 16.8 Å². The molecule has 60 valence electrons. The number of hydrogen-bond acceptors (Lipinski definition) is 2. The minimum Gasteiger partial charge on any atom is -0.316 e. The van der Waals surface area contributed by atoms with Crippen molar-refractivity contribution in [1.29, 1.82) is 0 Å². The minimum absolute atomic E-state index is 0.891. The molecule has 1 aromatic heterocycles. The minimum atomic E-state index is 0.891. The lowest BCUT2D eigenvalue weighted by molar-refractivity contribution is 0.813. The van der Waals surface area contributed by atoms with Gasteiger partial charge in [0.15, 0.2) is 0 Å². The molecule has 0 unspecified atom stereocenters. The van der Waals surface area contributed by atoms with Crippen molar-refractivity contribution in [3.8, 4) is 0 Å². The molecule has 0 amide bonds. The van der Waals surface area contributed by atoms with Crippen molar-refractivity contribution in [2.24, 2.45) is 0 Å². The van der Waals surface area contributed by atoms with Crippen LogP contribution in [0, 0.1) is 6.92 Å². The van der Waals surface area contributed by atoms with Crippen molar-refractivity contribution in [1.82, 2.24) is 10.3 Å². The van der Waals surface area contributed by atoms with Crippen molar-refractivity contribution in [3.63, 3.8) is 0 Å². The van der Waals surface area contributed by atoms with Crippen LogP contribution in [0.25, 0.3) is 0 Å². The number of rotatable bonds is 2. The van der Waals surface area contributed by atoms with E-state index in [0.29, 0.717) is 0 Å². The van der Waals surface area contributed by atoms with Gasteiger partial charge in [-0.2, -0.15) is 0 Å². The van der Waals surface area contributed by atoms with E-state index in [2.05, 4.69) is 32.3 Å². The van der Waals surface area contributed by atoms with Crippen LogP contribution < -0.4 is 5.32 Å². The van der Waals surface area contributed by atoms with E-state index >= 15 is 0 Å². The van der Waals surface area contributed by atoms with Crippen molar-refractivity contribution in [2.45, 2.75) is 13.5 Å². The van der Waals surface area contributed by atoms with Crippen LogP contribution >= 0.6 is 15.9 Å². The molecule has 0 spiro atoms. The van der Waals surface area contributed by atoms with Crippen LogP contribution in [0.3, 0.4) is 0 Å². The Hall–Kier alpha value is -0.410. The number of hydrogen-bond donors (Lipinski definition) is 1. The second-order valence-corrected chi connectivity index (χ2v) is 3.28. The Bertz CT molecular complexity index is 228. The third-order valence-corrected chi connectivity index (χ3v) is 1.77. The second-order valence-electron chi connectivity index (χ2n) is 2.47. The summed E-state index contributed by atoms with van der Waals surface area (Å²) in [6.45, 7) is 2.88. The number of nitrogens with zero attached hydrogens (tertiary/aromatic N) is 1. The van der Waals surface area contributed by atoms with Crippen LogP contribution in [0.5, 0.6) is 0 Å². The molecular formula is C8H11BrN2. The van der Waals surface area contributed by atoms with Gasteiger partial charge in [-0.25, -0.2) is 4.98 Å². The predicted octanol–water partition coefficient (Wildman–Crippen LogP) is 1.87. The van der Waals surface area contributed by atoms with Gasteiger partial charge in [0.25, 0.3) is 0 Å². The molecule has 0 aliphatic heterocycles. The predicted molar refractivity (Wildman–Crippen MR) is 49.4 cm³/mol. The first kappa shape index (κ1) is 8.68. The molecule has 1 heterocycles. The van der Waals surface area contributed by atoms with Crippen molar-refractivity contribution in [2.75, 3.05) is 7.05 Å². The molecule has 1 rings (SSSR count). The van der Waals surface area contributed by atoms with E-state index < -0.39 is 0 Å². The molecule has 2 nitrogen and oxygen atoms in total. The third-order valence-electron chi connectivity index (χ3n) is 1.36. The Morgan fingerprint density at radius 1 is 1.55 bits per heavy atom. The molecule has 0 aliphatic rings. The monoisotopic (exact) mass is 214 g/mol. The highest BCUT2D eigenvalue weighted by molar-refractivity contribution is 9.10. The van der Waals surface area contributed by atoms with Gasteiger partial charge in [-0.3, -0.25) is 0 Å². The van der Waals surface area contributed by atoms with Gasteiger partial charge >= 0.3 is 0 Å². The maximum atomic E-state index is 4.21. The van der Waals surface area contributed by atoms with Crippen LogP contribution in [0.4, 0.5) is 0 Å². The first-order chi connectivity index (χ1) is 5.22. The Morgan fingerprint density at radius 3 is 2.82 bits per heavy atom. The summed E-state index contributed by atoms with van der Waals surface area (Å²) in [6.07, 6.45) is 0. The van der Waals surface area contributed by atoms with Crippen molar-refractivity contribution < 1.29 is 0 Å². The molecule has 0 atom stereocenters. The van der Waals surface area contributed by atoms with E-state index in [1.54, 1.807) is 0 Å². The van der Waals surface area contributed by atoms with Crippen LogP contribution in [0.15, 0.2) is 16.7 Å². The van der Waals surface area contributed by atoms with Gasteiger partial charge in [0.05, 0.1) is 0 Å². The number of halogens is 1. The average Bonchev–Trinajstić information content (AvgIpc) is 1.85. The van der Waals surface area contributed by atoms with Gasteiger partial charge in [0, 0.05) is 12.2 Å². The quantitative estimate of drug-likeness (QED) is 0.761. The average molecular weight is 215 g/mol. The highest BCUT2D eigenvalue weighted by Crippen LogP contribution is 2.10. The molecule has 3 heteroatoms. The lowest BCUT2D eigenvalue weighted by atomic mass is 10.2. The summed E-state index contributed by atoms with van der Waals surface area (Å²) in [5.41, 5.74) is 2.30. The van der Waals surface area contributed by atoms with Crippen LogP contribution in [0.2, 0.25) is 0 Å². The van der Waals surface area contributed by atoms with E-state index in [4.69, 9.17) is 0 Å². The first-order valence-corrected chi connectivity index (χ1v) is 4.29. The van der Waals surface area contributed by atoms with E-state index in [1.807, 2.05) is 20.0 Å². The summed E-state index contributed by atoms with van der Waals surface area (Å²) < 4.78 is 0.905. The number of pyridine rings is 1. The largest absolute Gasteiger partial charge is 0.316 e. The molecule has 0 radical (unpaired) electrons. The molecule has 0 bridgehead atoms. The topological polar surface area (TPSA) is 24.9 Å². The zero-order valence-corrected chi connectivity index (χ0v) is 8.27. The fourth-order valence-corrected chi connectivity index (χ4v) is 1.58. The summed E-state index contributed by atoms with van der Waals surface area (Å²) in [7, 11) is 1.93. The molecular weight excluding hydrogens is 204 g/mol. The zero-order chi connectivity index (χ0) is 8.27. The third kappa shape index (κ3) is 2.60. The number of nitrogens with one attached hydrogen (secondary N) is 1. The molecule has 0 aromatic carbocycles. The van der Waals surface area contributed by atoms with Gasteiger partial charge in [-0.05, 0) is 47.6 Å². The number of aromatic nitrogens is 1. The van der Waals surface area contributed by atoms with E-state index in [-0.39, 0.29) is 0 Å². The molecule has 1 N–H and O–H groups in total. The lowest BCUT2D eigenvalue weighted by Gasteiger charge is -2.01. The lowest BCUT2D eigenvalue weighted by Crippen LogP contribution is -2.05. The Labute approximate surface area is 75.2 Å². The standard InChI is InChI=1S/C8H11BrN2/c1-6-3-7(5-10-2)4-8(9)11-6/h3-4,10H,5H2,1-2H3. The van der Waals surface area contributed by atoms with Gasteiger partial charge in [0.1, 0.15) is 4.60 Å². The van der Waals surface area contributed by atoms with Crippen LogP contribution in [-0.2, 0) is 6.54 Å². The number of aryl methyl sites for hydroxylation is 1. The first-order valence-electron chi connectivity index (χ1n) is 3.50. The van der Waals surface area contributed by atoms with Gasteiger partial charge in [0.2, 0.25) is 0 Å². The van der Waals surface area contributed by atoms with E-state index in [1.165, 1.54) is 5.56 Å². The van der Waals surface area contributed by atoms with Crippen LogP contribution in [-0.4, -0.2) is 12.0 Å². The molecule has 0 aliphatic carbocycles. The fourth-order valence-electron chi connectivity index (χ4n) is 1.00. The summed E-state index contributed by atoms with van der Waals surface area (Å²) in [6, 6.07) is 4.09.